The molecule has 644 valence electrons. The SMILES string of the molecule is CC(C)(C)c1cc(F)c2c(=O)n(-c3nccc(I)c3C=O)ncc2c1.CN(C)C(=O)c1ccc(Nc2cc(B3OC(C)(C)C(C)(C)O3)cn(C)c2=O)nc1.CN(C)C(=O)c1ccc(Nc2cc(B3OC(C)(C)C(C)(C)O3)cn(C)c2=O)nc1.CN(C)C(=O)c1ccc(Nc2cc(Br)cn(C)c2=O)nc1.Cn1cc(Br)cc(Nc2ccc(C(=O)O)cn2)c1=O. The molecule has 0 unspecified atom stereocenters. The second kappa shape index (κ2) is 38.8. The first kappa shape index (κ1) is 95.1. The molecule has 11 aromatic rings. The van der Waals surface area contributed by atoms with Crippen LogP contribution in [0.3, 0.4) is 0 Å². The Morgan fingerprint density at radius 1 is 0.488 bits per heavy atom. The molecule has 13 rings (SSSR count). The molecule has 0 saturated carbocycles. The van der Waals surface area contributed by atoms with Crippen molar-refractivity contribution in [3.63, 3.8) is 0 Å². The Morgan fingerprint density at radius 2 is 0.821 bits per heavy atom. The molecule has 0 spiro atoms. The number of aromatic carboxylic acids is 1. The van der Waals surface area contributed by atoms with Gasteiger partial charge in [0, 0.05) is 155 Å². The summed E-state index contributed by atoms with van der Waals surface area (Å²) in [7, 11) is 15.6. The van der Waals surface area contributed by atoms with Crippen LogP contribution in [0.25, 0.3) is 16.6 Å². The molecule has 0 bridgehead atoms. The number of amides is 3. The molecule has 0 atom stereocenters. The lowest BCUT2D eigenvalue weighted by Crippen LogP contribution is -2.41. The second-order valence-electron chi connectivity index (χ2n) is 32.2. The number of benzene rings is 1. The van der Waals surface area contributed by atoms with E-state index in [1.165, 1.54) is 88.3 Å². The maximum Gasteiger partial charge on any atom is 0.496 e. The van der Waals surface area contributed by atoms with Crippen LogP contribution in [0.2, 0.25) is 0 Å². The number of aryl methyl sites for hydroxylation is 4. The highest BCUT2D eigenvalue weighted by Gasteiger charge is 2.53. The van der Waals surface area contributed by atoms with Gasteiger partial charge in [-0.15, -0.1) is 0 Å². The summed E-state index contributed by atoms with van der Waals surface area (Å²) in [6.45, 7) is 21.7. The fourth-order valence-corrected chi connectivity index (χ4v) is 13.2. The number of carboxylic acids is 1. The van der Waals surface area contributed by atoms with Gasteiger partial charge in [-0.05, 0) is 212 Å². The molecule has 3 amide bonds. The maximum atomic E-state index is 14.7. The summed E-state index contributed by atoms with van der Waals surface area (Å²) in [5.41, 5.74) is 1.87. The van der Waals surface area contributed by atoms with Crippen molar-refractivity contribution in [1.82, 2.24) is 67.7 Å². The first-order valence-corrected chi connectivity index (χ1v) is 40.6. The van der Waals surface area contributed by atoms with Gasteiger partial charge in [0.2, 0.25) is 0 Å². The number of aromatic nitrogens is 11. The van der Waals surface area contributed by atoms with E-state index >= 15 is 0 Å². The largest absolute Gasteiger partial charge is 0.496 e. The summed E-state index contributed by atoms with van der Waals surface area (Å²) >= 11 is 8.60. The van der Waals surface area contributed by atoms with Crippen LogP contribution in [0.4, 0.5) is 50.4 Å². The summed E-state index contributed by atoms with van der Waals surface area (Å²) in [5.74, 6) is -0.127. The third kappa shape index (κ3) is 23.0. The molecule has 2 fully saturated rings. The smallest absolute Gasteiger partial charge is 0.478 e. The molecule has 2 aliphatic rings. The van der Waals surface area contributed by atoms with Crippen molar-refractivity contribution < 1.29 is 52.1 Å². The molecule has 1 aromatic carbocycles. The minimum atomic E-state index is -1.04. The topological polar surface area (TPSA) is 388 Å². The van der Waals surface area contributed by atoms with Gasteiger partial charge in [-0.2, -0.15) is 9.78 Å². The Labute approximate surface area is 739 Å². The number of nitrogens with zero attached hydrogens (tertiary/aromatic N) is 14. The Morgan fingerprint density at radius 3 is 1.13 bits per heavy atom. The van der Waals surface area contributed by atoms with Crippen molar-refractivity contribution in [3.05, 3.63) is 256 Å². The molecule has 33 nitrogen and oxygen atoms in total. The van der Waals surface area contributed by atoms with E-state index in [4.69, 9.17) is 23.7 Å². The van der Waals surface area contributed by atoms with Crippen molar-refractivity contribution in [1.29, 1.82) is 0 Å². The van der Waals surface area contributed by atoms with Gasteiger partial charge in [0.25, 0.3) is 45.5 Å². The van der Waals surface area contributed by atoms with Crippen molar-refractivity contribution in [2.24, 2.45) is 28.2 Å². The molecule has 0 aliphatic carbocycles. The van der Waals surface area contributed by atoms with Gasteiger partial charge in [-0.1, -0.05) is 20.8 Å². The van der Waals surface area contributed by atoms with Gasteiger partial charge in [0.15, 0.2) is 12.1 Å². The number of hydrogen-bond acceptors (Lipinski definition) is 24. The number of hydrogen-bond donors (Lipinski definition) is 5. The van der Waals surface area contributed by atoms with Crippen molar-refractivity contribution in [2.75, 3.05) is 63.6 Å². The molecular weight excluding hydrogens is 1830 g/mol. The quantitative estimate of drug-likeness (QED) is 0.0341. The number of fused-ring (bicyclic) bond motifs is 1. The van der Waals surface area contributed by atoms with Crippen LogP contribution in [-0.2, 0) is 52.2 Å². The fourth-order valence-electron chi connectivity index (χ4n) is 11.6. The minimum absolute atomic E-state index is 0.0690. The van der Waals surface area contributed by atoms with E-state index in [1.54, 1.807) is 168 Å². The number of pyridine rings is 9. The van der Waals surface area contributed by atoms with Gasteiger partial charge in [0.1, 0.15) is 51.8 Å². The van der Waals surface area contributed by atoms with Gasteiger partial charge in [-0.25, -0.2) is 34.1 Å². The highest BCUT2D eigenvalue weighted by molar-refractivity contribution is 14.1. The van der Waals surface area contributed by atoms with Crippen molar-refractivity contribution in [2.45, 2.75) is 104 Å². The van der Waals surface area contributed by atoms with E-state index in [2.05, 4.69) is 83.1 Å². The molecule has 2 saturated heterocycles. The normalized spacial score (nSPS) is 13.9. The number of carboxylic acid groups (broad SMARTS) is 1. The van der Waals surface area contributed by atoms with E-state index in [1.807, 2.05) is 98.8 Å². The molecule has 12 heterocycles. The summed E-state index contributed by atoms with van der Waals surface area (Å²) in [6.07, 6.45) is 15.9. The lowest BCUT2D eigenvalue weighted by Gasteiger charge is -2.32. The van der Waals surface area contributed by atoms with Gasteiger partial charge >= 0.3 is 20.2 Å². The van der Waals surface area contributed by atoms with Crippen LogP contribution >= 0.6 is 54.5 Å². The lowest BCUT2D eigenvalue weighted by molar-refractivity contribution is 0.00578. The monoisotopic (exact) mass is 1920 g/mol. The van der Waals surface area contributed by atoms with Gasteiger partial charge in [0.05, 0.1) is 61.8 Å². The Kier molecular flexibility index (Phi) is 30.0. The Hall–Kier alpha value is -11.8. The first-order valence-electron chi connectivity index (χ1n) is 37.9. The number of rotatable bonds is 16. The summed E-state index contributed by atoms with van der Waals surface area (Å²) in [5, 5.41) is 25.1. The summed E-state index contributed by atoms with van der Waals surface area (Å²) in [4.78, 5) is 145. The number of carbonyl (C=O) groups excluding carboxylic acids is 4. The third-order valence-electron chi connectivity index (χ3n) is 20.0. The summed E-state index contributed by atoms with van der Waals surface area (Å²) < 4.78 is 48.0. The van der Waals surface area contributed by atoms with Gasteiger partial charge < -0.3 is 78.0 Å². The highest BCUT2D eigenvalue weighted by Crippen LogP contribution is 2.38. The Balaban J connectivity index is 0.000000176. The van der Waals surface area contributed by atoms with E-state index in [0.717, 1.165) is 30.1 Å². The van der Waals surface area contributed by atoms with Crippen molar-refractivity contribution in [3.8, 4) is 5.82 Å². The molecule has 39 heteroatoms. The molecular formula is C84H94B2Br2FIN18O15. The van der Waals surface area contributed by atoms with Crippen molar-refractivity contribution >= 4 is 166 Å². The third-order valence-corrected chi connectivity index (χ3v) is 21.8. The van der Waals surface area contributed by atoms with E-state index in [9.17, 15) is 52.3 Å². The fraction of sp³-hybridized carbons (Fsp3) is 0.310. The van der Waals surface area contributed by atoms with Crippen LogP contribution in [-0.4, -0.2) is 182 Å². The van der Waals surface area contributed by atoms with Crippen LogP contribution in [0, 0.1) is 9.39 Å². The zero-order valence-electron chi connectivity index (χ0n) is 71.6. The average Bonchev–Trinajstić information content (AvgIpc) is 1.51. The maximum absolute atomic E-state index is 14.7. The molecule has 2 aliphatic heterocycles. The predicted octanol–water partition coefficient (Wildman–Crippen LogP) is 10.7. The molecule has 123 heavy (non-hydrogen) atoms. The highest BCUT2D eigenvalue weighted by atomic mass is 127. The van der Waals surface area contributed by atoms with Gasteiger partial charge in [-0.3, -0.25) is 43.2 Å². The van der Waals surface area contributed by atoms with Crippen LogP contribution < -0.4 is 60.0 Å². The zero-order chi connectivity index (χ0) is 91.0. The van der Waals surface area contributed by atoms with Crippen LogP contribution in [0.15, 0.2) is 186 Å². The number of nitrogens with one attached hydrogen (secondary N) is 4. The van der Waals surface area contributed by atoms with E-state index in [-0.39, 0.29) is 67.7 Å². The lowest BCUT2D eigenvalue weighted by atomic mass is 9.80. The number of anilines is 8. The Bertz CT molecular complexity index is 5950. The minimum Gasteiger partial charge on any atom is -0.478 e. The van der Waals surface area contributed by atoms with Crippen LogP contribution in [0.5, 0.6) is 0 Å². The zero-order valence-corrected chi connectivity index (χ0v) is 76.9. The number of carbonyl (C=O) groups is 5. The second-order valence-corrected chi connectivity index (χ2v) is 35.2. The van der Waals surface area contributed by atoms with E-state index in [0.29, 0.717) is 78.0 Å². The number of halogens is 4. The van der Waals surface area contributed by atoms with Crippen LogP contribution in [0.1, 0.15) is 134 Å². The first-order chi connectivity index (χ1) is 57.4. The van der Waals surface area contributed by atoms with E-state index < -0.39 is 54.0 Å². The molecule has 5 N–H and O–H groups in total. The number of aldehydes is 1. The molecule has 0 radical (unpaired) electrons. The predicted molar refractivity (Wildman–Crippen MR) is 487 cm³/mol. The average molecular weight is 1920 g/mol. The summed E-state index contributed by atoms with van der Waals surface area (Å²) in [6, 6.07) is 24.4. The molecule has 10 aromatic heterocycles. The standard InChI is InChI=1S/2C20H27BN4O4.C18H15FIN3O2.C14H15BrN4O2.C12H10BrN3O3/c2*1-19(2)20(3,4)29-21(28-19)14-10-15(18(27)25(7)12-14)23-16-9-8-13(11-22-16)17(26)24(5)6;1-18(2,3)11-6-10-8-22-23(17(25)15(10)13(19)7-11)16-12(9-24)14(20)4-5-21-16;1-18(2)13(20)9-4-5-12(16-7-9)17-11-6-10(15)8-19(3)14(11)21;1-16-6-8(13)4-9(11(16)17)15-10-3-2-7(5-14-10)12(18)19/h2*8-12H,1-7H3,(H,22,23);4-9H,1-3H3;4-8H,1-3H3,(H,16,17);2-6H,1H3,(H,14,15)(H,18,19).